The number of rotatable bonds is 4. The Morgan fingerprint density at radius 1 is 1.00 bits per heavy atom. The summed E-state index contributed by atoms with van der Waals surface area (Å²) in [7, 11) is 0. The van der Waals surface area contributed by atoms with E-state index in [9.17, 15) is 40.6 Å². The predicted octanol–water partition coefficient (Wildman–Crippen LogP) is 4.77. The van der Waals surface area contributed by atoms with Crippen molar-refractivity contribution in [2.75, 3.05) is 0 Å². The first-order chi connectivity index (χ1) is 14.2. The normalized spacial score (nSPS) is 20.0. The second-order valence-electron chi connectivity index (χ2n) is 7.04. The van der Waals surface area contributed by atoms with E-state index < -0.39 is 41.8 Å². The number of hydrazone groups is 1. The molecule has 0 aromatic heterocycles. The highest BCUT2D eigenvalue weighted by molar-refractivity contribution is 6.05. The number of nitrogens with zero attached hydrogens (tertiary/aromatic N) is 2. The average Bonchev–Trinajstić information content (AvgIpc) is 3.06. The number of carbonyl (C=O) groups is 1. The van der Waals surface area contributed by atoms with Gasteiger partial charge in [-0.1, -0.05) is 48.0 Å². The minimum absolute atomic E-state index is 0.0617. The van der Waals surface area contributed by atoms with E-state index in [-0.39, 0.29) is 16.1 Å². The van der Waals surface area contributed by atoms with E-state index in [2.05, 4.69) is 5.10 Å². The number of halogens is 7. The largest absolute Gasteiger partial charge is 0.460 e. The Bertz CT molecular complexity index is 1020. The van der Waals surface area contributed by atoms with E-state index in [1.807, 2.05) is 0 Å². The summed E-state index contributed by atoms with van der Waals surface area (Å²) in [5.41, 5.74) is -4.53. The van der Waals surface area contributed by atoms with Crippen LogP contribution in [0.4, 0.5) is 30.7 Å². The first kappa shape index (κ1) is 22.7. The number of carbonyl (C=O) groups excluding carboxylic acids is 1. The fraction of sp³-hybridized carbons (Fsp3) is 0.300. The van der Waals surface area contributed by atoms with Gasteiger partial charge in [-0.3, -0.25) is 4.79 Å². The maximum absolute atomic E-state index is 14.7. The Hall–Kier alpha value is -2.95. The molecule has 0 bridgehead atoms. The molecule has 2 aromatic carbocycles. The van der Waals surface area contributed by atoms with Crippen molar-refractivity contribution >= 4 is 11.6 Å². The van der Waals surface area contributed by atoms with E-state index in [0.29, 0.717) is 5.56 Å². The number of alkyl halides is 7. The first-order valence-corrected chi connectivity index (χ1v) is 8.81. The molecule has 3 rings (SSSR count). The van der Waals surface area contributed by atoms with E-state index >= 15 is 0 Å². The van der Waals surface area contributed by atoms with Crippen molar-refractivity contribution in [3.63, 3.8) is 0 Å². The Kier molecular flexibility index (Phi) is 5.37. The molecule has 2 aromatic rings. The van der Waals surface area contributed by atoms with Crippen molar-refractivity contribution in [1.29, 1.82) is 0 Å². The Balaban J connectivity index is 2.16. The van der Waals surface area contributed by atoms with Crippen LogP contribution in [0.15, 0.2) is 59.7 Å². The van der Waals surface area contributed by atoms with Gasteiger partial charge in [0.1, 0.15) is 0 Å². The summed E-state index contributed by atoms with van der Waals surface area (Å²) in [6, 6.07) is 12.3. The number of hydrogen-bond donors (Lipinski definition) is 1. The fourth-order valence-electron chi connectivity index (χ4n) is 3.12. The van der Waals surface area contributed by atoms with Gasteiger partial charge in [0.2, 0.25) is 5.72 Å². The molecule has 1 aliphatic rings. The van der Waals surface area contributed by atoms with Crippen LogP contribution in [0.1, 0.15) is 27.9 Å². The molecule has 4 nitrogen and oxygen atoms in total. The number of aliphatic hydroxyl groups is 1. The number of hydrogen-bond acceptors (Lipinski definition) is 3. The van der Waals surface area contributed by atoms with Crippen LogP contribution >= 0.6 is 0 Å². The number of amides is 1. The molecule has 1 N–H and O–H groups in total. The van der Waals surface area contributed by atoms with Gasteiger partial charge in [0.15, 0.2) is 0 Å². The molecule has 0 aliphatic carbocycles. The topological polar surface area (TPSA) is 52.9 Å². The van der Waals surface area contributed by atoms with Gasteiger partial charge in [-0.05, 0) is 24.6 Å². The van der Waals surface area contributed by atoms with Gasteiger partial charge in [-0.2, -0.15) is 40.8 Å². The van der Waals surface area contributed by atoms with Crippen LogP contribution in [-0.2, 0) is 0 Å². The lowest BCUT2D eigenvalue weighted by atomic mass is 9.91. The van der Waals surface area contributed by atoms with Gasteiger partial charge >= 0.3 is 18.0 Å². The van der Waals surface area contributed by atoms with Crippen LogP contribution in [0, 0.1) is 6.92 Å². The second-order valence-corrected chi connectivity index (χ2v) is 7.04. The molecule has 1 amide bonds. The molecular formula is C20H15F7N2O2. The molecule has 0 radical (unpaired) electrons. The molecule has 1 atom stereocenters. The van der Waals surface area contributed by atoms with E-state index in [4.69, 9.17) is 0 Å². The summed E-state index contributed by atoms with van der Waals surface area (Å²) in [6.07, 6.45) is -8.15. The van der Waals surface area contributed by atoms with Gasteiger partial charge < -0.3 is 5.11 Å². The predicted molar refractivity (Wildman–Crippen MR) is 95.8 cm³/mol. The molecule has 0 saturated carbocycles. The van der Waals surface area contributed by atoms with Gasteiger partial charge in [0.05, 0.1) is 5.71 Å². The van der Waals surface area contributed by atoms with Crippen LogP contribution in [0.2, 0.25) is 0 Å². The zero-order valence-electron chi connectivity index (χ0n) is 15.8. The van der Waals surface area contributed by atoms with Crippen molar-refractivity contribution in [2.24, 2.45) is 5.10 Å². The van der Waals surface area contributed by atoms with E-state index in [1.54, 1.807) is 0 Å². The molecule has 31 heavy (non-hydrogen) atoms. The van der Waals surface area contributed by atoms with Crippen molar-refractivity contribution in [3.8, 4) is 0 Å². The summed E-state index contributed by atoms with van der Waals surface area (Å²) in [5, 5.41) is 13.7. The summed E-state index contributed by atoms with van der Waals surface area (Å²) in [6.45, 7) is 1.54. The summed E-state index contributed by atoms with van der Waals surface area (Å²) in [5.74, 6) is -14.2. The lowest BCUT2D eigenvalue weighted by Gasteiger charge is -2.41. The SMILES string of the molecule is Cc1cccc(C(=O)N2N=C(c3ccccc3)CC2(O)C(F)(F)C(F)(F)C(F)(F)F)c1. The third-order valence-corrected chi connectivity index (χ3v) is 4.80. The summed E-state index contributed by atoms with van der Waals surface area (Å²) in [4.78, 5) is 12.8. The molecule has 1 aliphatic heterocycles. The molecule has 0 fully saturated rings. The third kappa shape index (κ3) is 3.56. The fourth-order valence-corrected chi connectivity index (χ4v) is 3.12. The van der Waals surface area contributed by atoms with Crippen LogP contribution in [0.25, 0.3) is 0 Å². The Morgan fingerprint density at radius 2 is 1.61 bits per heavy atom. The van der Waals surface area contributed by atoms with Crippen LogP contribution in [0.3, 0.4) is 0 Å². The maximum Gasteiger partial charge on any atom is 0.460 e. The highest BCUT2D eigenvalue weighted by Crippen LogP contribution is 2.54. The molecule has 0 spiro atoms. The smallest absolute Gasteiger partial charge is 0.364 e. The van der Waals surface area contributed by atoms with Crippen molar-refractivity contribution < 1.29 is 40.6 Å². The lowest BCUT2D eigenvalue weighted by Crippen LogP contribution is -2.69. The minimum Gasteiger partial charge on any atom is -0.364 e. The van der Waals surface area contributed by atoms with Crippen LogP contribution in [0.5, 0.6) is 0 Å². The Labute approximate surface area is 171 Å². The van der Waals surface area contributed by atoms with Crippen molar-refractivity contribution in [3.05, 3.63) is 71.3 Å². The third-order valence-electron chi connectivity index (χ3n) is 4.80. The molecule has 0 saturated heterocycles. The number of aryl methyl sites for hydroxylation is 1. The second kappa shape index (κ2) is 7.33. The minimum atomic E-state index is -6.69. The van der Waals surface area contributed by atoms with Crippen LogP contribution in [-0.4, -0.2) is 45.5 Å². The van der Waals surface area contributed by atoms with Gasteiger partial charge in [0, 0.05) is 12.0 Å². The zero-order chi connectivity index (χ0) is 23.2. The van der Waals surface area contributed by atoms with Gasteiger partial charge in [0.25, 0.3) is 5.91 Å². The lowest BCUT2D eigenvalue weighted by molar-refractivity contribution is -0.400. The maximum atomic E-state index is 14.7. The first-order valence-electron chi connectivity index (χ1n) is 8.81. The molecule has 1 unspecified atom stereocenters. The molecule has 166 valence electrons. The molecule has 1 heterocycles. The monoisotopic (exact) mass is 448 g/mol. The number of benzene rings is 2. The van der Waals surface area contributed by atoms with Crippen molar-refractivity contribution in [1.82, 2.24) is 5.01 Å². The van der Waals surface area contributed by atoms with Crippen LogP contribution < -0.4 is 0 Å². The molecule has 11 heteroatoms. The standard InChI is InChI=1S/C20H15F7N2O2/c1-12-6-5-9-14(10-12)16(30)29-17(31,18(21,22)19(23,24)20(25,26)27)11-15(28-29)13-7-3-2-4-8-13/h2-10,31H,11H2,1H3. The molecular weight excluding hydrogens is 433 g/mol. The van der Waals surface area contributed by atoms with E-state index in [0.717, 1.165) is 6.07 Å². The quantitative estimate of drug-likeness (QED) is 0.686. The highest BCUT2D eigenvalue weighted by atomic mass is 19.4. The summed E-state index contributed by atoms with van der Waals surface area (Å²) < 4.78 is 95.4. The van der Waals surface area contributed by atoms with Gasteiger partial charge in [-0.15, -0.1) is 0 Å². The van der Waals surface area contributed by atoms with E-state index in [1.165, 1.54) is 55.5 Å². The summed E-state index contributed by atoms with van der Waals surface area (Å²) >= 11 is 0. The zero-order valence-corrected chi connectivity index (χ0v) is 15.8. The highest BCUT2D eigenvalue weighted by Gasteiger charge is 2.82. The van der Waals surface area contributed by atoms with Crippen molar-refractivity contribution in [2.45, 2.75) is 37.1 Å². The Morgan fingerprint density at radius 3 is 2.16 bits per heavy atom. The average molecular weight is 448 g/mol. The van der Waals surface area contributed by atoms with Gasteiger partial charge in [-0.25, -0.2) is 0 Å².